The Hall–Kier alpha value is -0.810. The fourth-order valence-corrected chi connectivity index (χ4v) is 1.79. The zero-order chi connectivity index (χ0) is 13.8. The van der Waals surface area contributed by atoms with E-state index in [9.17, 15) is 4.79 Å². The first-order valence-electron chi connectivity index (χ1n) is 6.60. The highest BCUT2D eigenvalue weighted by Gasteiger charge is 2.27. The number of hydrogen-bond donors (Lipinski definition) is 1. The molecule has 1 heterocycles. The lowest BCUT2D eigenvalue weighted by molar-refractivity contribution is 0.00857. The molecular formula is C13H26N2O3. The number of amides is 1. The van der Waals surface area contributed by atoms with E-state index in [0.717, 1.165) is 13.2 Å². The standard InChI is InChI=1S/C13H26N2O3/c1-10(2)15(12(16)18-13(3,4)5)8-11-9-17-7-6-14-11/h10-11,14H,6-9H2,1-5H3. The number of rotatable bonds is 3. The maximum absolute atomic E-state index is 12.1. The topological polar surface area (TPSA) is 50.8 Å². The third kappa shape index (κ3) is 5.23. The van der Waals surface area contributed by atoms with Crippen molar-refractivity contribution >= 4 is 6.09 Å². The molecule has 0 aliphatic carbocycles. The molecule has 0 saturated carbocycles. The number of ether oxygens (including phenoxy) is 2. The van der Waals surface area contributed by atoms with E-state index in [-0.39, 0.29) is 18.2 Å². The van der Waals surface area contributed by atoms with Crippen LogP contribution in [0.4, 0.5) is 4.79 Å². The van der Waals surface area contributed by atoms with Crippen LogP contribution in [0, 0.1) is 0 Å². The van der Waals surface area contributed by atoms with Crippen LogP contribution in [0.25, 0.3) is 0 Å². The Bertz CT molecular complexity index is 268. The summed E-state index contributed by atoms with van der Waals surface area (Å²) in [6, 6.07) is 0.303. The largest absolute Gasteiger partial charge is 0.444 e. The van der Waals surface area contributed by atoms with E-state index in [0.29, 0.717) is 13.2 Å². The predicted octanol–water partition coefficient (Wildman–Crippen LogP) is 1.62. The summed E-state index contributed by atoms with van der Waals surface area (Å²) < 4.78 is 10.8. The lowest BCUT2D eigenvalue weighted by Crippen LogP contribution is -2.52. The predicted molar refractivity (Wildman–Crippen MR) is 70.7 cm³/mol. The second-order valence-corrected chi connectivity index (χ2v) is 5.95. The van der Waals surface area contributed by atoms with Crippen LogP contribution >= 0.6 is 0 Å². The molecule has 5 heteroatoms. The van der Waals surface area contributed by atoms with Gasteiger partial charge in [-0.25, -0.2) is 4.79 Å². The van der Waals surface area contributed by atoms with Gasteiger partial charge in [0.15, 0.2) is 0 Å². The van der Waals surface area contributed by atoms with Gasteiger partial charge in [-0.1, -0.05) is 0 Å². The Kier molecular flexibility index (Phi) is 5.41. The normalized spacial score (nSPS) is 20.9. The van der Waals surface area contributed by atoms with Gasteiger partial charge in [0, 0.05) is 25.2 Å². The van der Waals surface area contributed by atoms with Crippen LogP contribution in [0.3, 0.4) is 0 Å². The molecule has 0 aromatic carbocycles. The molecule has 18 heavy (non-hydrogen) atoms. The molecule has 1 atom stereocenters. The van der Waals surface area contributed by atoms with Crippen LogP contribution in [0.5, 0.6) is 0 Å². The first-order valence-corrected chi connectivity index (χ1v) is 6.60. The van der Waals surface area contributed by atoms with Crippen LogP contribution in [-0.4, -0.2) is 55.0 Å². The zero-order valence-electron chi connectivity index (χ0n) is 12.2. The van der Waals surface area contributed by atoms with Crippen LogP contribution < -0.4 is 5.32 Å². The van der Waals surface area contributed by atoms with Crippen molar-refractivity contribution in [2.45, 2.75) is 52.3 Å². The van der Waals surface area contributed by atoms with Crippen LogP contribution in [0.1, 0.15) is 34.6 Å². The third-order valence-electron chi connectivity index (χ3n) is 2.67. The highest BCUT2D eigenvalue weighted by molar-refractivity contribution is 5.68. The molecule has 1 amide bonds. The number of carbonyl (C=O) groups is 1. The van der Waals surface area contributed by atoms with E-state index in [2.05, 4.69) is 5.32 Å². The molecule has 1 N–H and O–H groups in total. The van der Waals surface area contributed by atoms with Crippen LogP contribution in [0.15, 0.2) is 0 Å². The molecule has 1 saturated heterocycles. The second kappa shape index (κ2) is 6.38. The molecule has 0 radical (unpaired) electrons. The number of hydrogen-bond acceptors (Lipinski definition) is 4. The number of morpholine rings is 1. The van der Waals surface area contributed by atoms with E-state index >= 15 is 0 Å². The maximum atomic E-state index is 12.1. The van der Waals surface area contributed by atoms with Gasteiger partial charge in [-0.2, -0.15) is 0 Å². The highest BCUT2D eigenvalue weighted by Crippen LogP contribution is 2.12. The van der Waals surface area contributed by atoms with Gasteiger partial charge >= 0.3 is 6.09 Å². The van der Waals surface area contributed by atoms with Gasteiger partial charge in [-0.15, -0.1) is 0 Å². The molecule has 1 fully saturated rings. The summed E-state index contributed by atoms with van der Waals surface area (Å²) in [5, 5.41) is 3.35. The van der Waals surface area contributed by atoms with Crippen LogP contribution in [-0.2, 0) is 9.47 Å². The van der Waals surface area contributed by atoms with E-state index in [4.69, 9.17) is 9.47 Å². The SMILES string of the molecule is CC(C)N(CC1COCCN1)C(=O)OC(C)(C)C. The summed E-state index contributed by atoms with van der Waals surface area (Å²) in [6.07, 6.45) is -0.259. The second-order valence-electron chi connectivity index (χ2n) is 5.95. The third-order valence-corrected chi connectivity index (χ3v) is 2.67. The van der Waals surface area contributed by atoms with Gasteiger partial charge in [0.05, 0.1) is 13.2 Å². The van der Waals surface area contributed by atoms with E-state index in [1.807, 2.05) is 34.6 Å². The van der Waals surface area contributed by atoms with Crippen molar-refractivity contribution in [3.63, 3.8) is 0 Å². The van der Waals surface area contributed by atoms with Gasteiger partial charge in [-0.3, -0.25) is 0 Å². The van der Waals surface area contributed by atoms with Gasteiger partial charge < -0.3 is 19.7 Å². The van der Waals surface area contributed by atoms with Gasteiger partial charge in [-0.05, 0) is 34.6 Å². The number of carbonyl (C=O) groups excluding carboxylic acids is 1. The highest BCUT2D eigenvalue weighted by atomic mass is 16.6. The lowest BCUT2D eigenvalue weighted by atomic mass is 10.2. The quantitative estimate of drug-likeness (QED) is 0.836. The summed E-state index contributed by atoms with van der Waals surface area (Å²) in [5.74, 6) is 0. The summed E-state index contributed by atoms with van der Waals surface area (Å²) in [5.41, 5.74) is -0.458. The number of nitrogens with one attached hydrogen (secondary N) is 1. The van der Waals surface area contributed by atoms with Gasteiger partial charge in [0.2, 0.25) is 0 Å². The Morgan fingerprint density at radius 3 is 2.61 bits per heavy atom. The van der Waals surface area contributed by atoms with Gasteiger partial charge in [0.1, 0.15) is 5.60 Å². The summed E-state index contributed by atoms with van der Waals surface area (Å²) in [4.78, 5) is 13.9. The maximum Gasteiger partial charge on any atom is 0.410 e. The fraction of sp³-hybridized carbons (Fsp3) is 0.923. The molecule has 1 aliphatic rings. The minimum atomic E-state index is -0.458. The smallest absolute Gasteiger partial charge is 0.410 e. The molecule has 1 rings (SSSR count). The summed E-state index contributed by atoms with van der Waals surface area (Å²) in [7, 11) is 0. The molecule has 0 bridgehead atoms. The lowest BCUT2D eigenvalue weighted by Gasteiger charge is -2.34. The van der Waals surface area contributed by atoms with Crippen LogP contribution in [0.2, 0.25) is 0 Å². The molecule has 0 aromatic heterocycles. The summed E-state index contributed by atoms with van der Waals surface area (Å²) in [6.45, 7) is 12.5. The van der Waals surface area contributed by atoms with Crippen molar-refractivity contribution in [3.8, 4) is 0 Å². The molecular weight excluding hydrogens is 232 g/mol. The van der Waals surface area contributed by atoms with Crippen molar-refractivity contribution in [2.75, 3.05) is 26.3 Å². The minimum Gasteiger partial charge on any atom is -0.444 e. The van der Waals surface area contributed by atoms with E-state index in [1.54, 1.807) is 4.90 Å². The summed E-state index contributed by atoms with van der Waals surface area (Å²) >= 11 is 0. The minimum absolute atomic E-state index is 0.114. The fourth-order valence-electron chi connectivity index (χ4n) is 1.79. The molecule has 1 aliphatic heterocycles. The molecule has 106 valence electrons. The first-order chi connectivity index (χ1) is 8.29. The first kappa shape index (κ1) is 15.2. The number of nitrogens with zero attached hydrogens (tertiary/aromatic N) is 1. The van der Waals surface area contributed by atoms with Crippen molar-refractivity contribution in [3.05, 3.63) is 0 Å². The van der Waals surface area contributed by atoms with Crippen molar-refractivity contribution in [2.24, 2.45) is 0 Å². The van der Waals surface area contributed by atoms with Crippen molar-refractivity contribution in [1.29, 1.82) is 0 Å². The van der Waals surface area contributed by atoms with Crippen molar-refractivity contribution < 1.29 is 14.3 Å². The Morgan fingerprint density at radius 1 is 1.50 bits per heavy atom. The average molecular weight is 258 g/mol. The average Bonchev–Trinajstić information content (AvgIpc) is 2.24. The van der Waals surface area contributed by atoms with Crippen molar-refractivity contribution in [1.82, 2.24) is 10.2 Å². The van der Waals surface area contributed by atoms with E-state index in [1.165, 1.54) is 0 Å². The Labute approximate surface area is 110 Å². The Balaban J connectivity index is 2.55. The van der Waals surface area contributed by atoms with Gasteiger partial charge in [0.25, 0.3) is 0 Å². The molecule has 5 nitrogen and oxygen atoms in total. The zero-order valence-corrected chi connectivity index (χ0v) is 12.2. The molecule has 0 aromatic rings. The molecule has 1 unspecified atom stereocenters. The monoisotopic (exact) mass is 258 g/mol. The van der Waals surface area contributed by atoms with E-state index < -0.39 is 5.60 Å². The Morgan fingerprint density at radius 2 is 2.17 bits per heavy atom. The molecule has 0 spiro atoms.